The van der Waals surface area contributed by atoms with E-state index in [1.165, 1.54) is 11.3 Å². The van der Waals surface area contributed by atoms with Crippen LogP contribution < -0.4 is 4.72 Å². The van der Waals surface area contributed by atoms with Gasteiger partial charge in [-0.15, -0.1) is 11.3 Å². The molecular weight excluding hydrogens is 322 g/mol. The first-order chi connectivity index (χ1) is 9.83. The van der Waals surface area contributed by atoms with Crippen molar-refractivity contribution < 1.29 is 22.3 Å². The van der Waals surface area contributed by atoms with Crippen LogP contribution in [0.3, 0.4) is 0 Å². The van der Waals surface area contributed by atoms with Gasteiger partial charge in [0.1, 0.15) is 9.90 Å². The van der Waals surface area contributed by atoms with Crippen LogP contribution >= 0.6 is 11.3 Å². The van der Waals surface area contributed by atoms with E-state index in [2.05, 4.69) is 9.71 Å². The summed E-state index contributed by atoms with van der Waals surface area (Å²) in [4.78, 5) is 4.04. The van der Waals surface area contributed by atoms with E-state index >= 15 is 0 Å². The Morgan fingerprint density at radius 2 is 2.10 bits per heavy atom. The molecule has 0 saturated heterocycles. The summed E-state index contributed by atoms with van der Waals surface area (Å²) in [5.41, 5.74) is -0.0284. The van der Waals surface area contributed by atoms with E-state index in [-0.39, 0.29) is 12.1 Å². The highest BCUT2D eigenvalue weighted by molar-refractivity contribution is 7.89. The molecule has 114 valence electrons. The van der Waals surface area contributed by atoms with Gasteiger partial charge >= 0.3 is 0 Å². The molecule has 9 heteroatoms. The first-order valence-corrected chi connectivity index (χ1v) is 8.13. The van der Waals surface area contributed by atoms with Gasteiger partial charge in [0.2, 0.25) is 10.0 Å². The first kappa shape index (κ1) is 16.0. The summed E-state index contributed by atoms with van der Waals surface area (Å²) >= 11 is 1.29. The highest BCUT2D eigenvalue weighted by Crippen LogP contribution is 2.20. The molecule has 0 radical (unpaired) electrons. The van der Waals surface area contributed by atoms with Crippen molar-refractivity contribution in [3.8, 4) is 0 Å². The lowest BCUT2D eigenvalue weighted by Gasteiger charge is -2.08. The molecule has 1 aromatic carbocycles. The number of benzene rings is 1. The summed E-state index contributed by atoms with van der Waals surface area (Å²) < 4.78 is 53.2. The van der Waals surface area contributed by atoms with Crippen molar-refractivity contribution in [2.75, 3.05) is 0 Å². The van der Waals surface area contributed by atoms with Crippen molar-refractivity contribution in [1.82, 2.24) is 9.71 Å². The molecular formula is C12H12F2N2O3S2. The van der Waals surface area contributed by atoms with Gasteiger partial charge in [0.15, 0.2) is 11.6 Å². The molecule has 5 nitrogen and oxygen atoms in total. The maximum Gasteiger partial charge on any atom is 0.243 e. The lowest BCUT2D eigenvalue weighted by molar-refractivity contribution is 0.280. The standard InChI is InChI=1S/C12H12F2N2O3S2/c1-7-4-15-11(20-7)5-16-21(18,19)10-3-8(6-17)2-9(13)12(10)14/h2-4,16-17H,5-6H2,1H3. The number of rotatable bonds is 5. The number of aromatic nitrogens is 1. The van der Waals surface area contributed by atoms with E-state index in [1.807, 2.05) is 6.92 Å². The summed E-state index contributed by atoms with van der Waals surface area (Å²) in [6, 6.07) is 1.65. The Kier molecular flexibility index (Phi) is 4.67. The van der Waals surface area contributed by atoms with Gasteiger partial charge in [-0.05, 0) is 24.6 Å². The number of sulfonamides is 1. The van der Waals surface area contributed by atoms with Crippen LogP contribution in [0.1, 0.15) is 15.4 Å². The summed E-state index contributed by atoms with van der Waals surface area (Å²) in [6.07, 6.45) is 1.58. The van der Waals surface area contributed by atoms with Gasteiger partial charge in [0, 0.05) is 11.1 Å². The Balaban J connectivity index is 2.29. The molecule has 2 aromatic rings. The number of hydrogen-bond acceptors (Lipinski definition) is 5. The quantitative estimate of drug-likeness (QED) is 0.872. The number of aliphatic hydroxyl groups excluding tert-OH is 1. The van der Waals surface area contributed by atoms with Crippen LogP contribution in [0, 0.1) is 18.6 Å². The number of hydrogen-bond donors (Lipinski definition) is 2. The molecule has 0 bridgehead atoms. The summed E-state index contributed by atoms with van der Waals surface area (Å²) in [7, 11) is -4.24. The minimum atomic E-state index is -4.24. The summed E-state index contributed by atoms with van der Waals surface area (Å²) in [5, 5.41) is 9.45. The SMILES string of the molecule is Cc1cnc(CNS(=O)(=O)c2cc(CO)cc(F)c2F)s1. The molecule has 0 saturated carbocycles. The molecule has 1 aromatic heterocycles. The highest BCUT2D eigenvalue weighted by Gasteiger charge is 2.23. The zero-order valence-electron chi connectivity index (χ0n) is 10.9. The molecule has 0 spiro atoms. The van der Waals surface area contributed by atoms with Crippen LogP contribution in [0.4, 0.5) is 8.78 Å². The minimum Gasteiger partial charge on any atom is -0.392 e. The van der Waals surface area contributed by atoms with E-state index in [1.54, 1.807) is 6.20 Å². The normalized spacial score (nSPS) is 11.8. The molecule has 21 heavy (non-hydrogen) atoms. The molecule has 1 heterocycles. The maximum absolute atomic E-state index is 13.7. The maximum atomic E-state index is 13.7. The first-order valence-electron chi connectivity index (χ1n) is 5.83. The van der Waals surface area contributed by atoms with E-state index in [0.717, 1.165) is 17.0 Å². The van der Waals surface area contributed by atoms with Gasteiger partial charge in [0.25, 0.3) is 0 Å². The Morgan fingerprint density at radius 1 is 1.38 bits per heavy atom. The average Bonchev–Trinajstić information content (AvgIpc) is 2.85. The van der Waals surface area contributed by atoms with Crippen LogP contribution in [0.15, 0.2) is 23.2 Å². The predicted octanol–water partition coefficient (Wildman–Crippen LogP) is 1.70. The van der Waals surface area contributed by atoms with Crippen molar-refractivity contribution in [2.45, 2.75) is 25.0 Å². The monoisotopic (exact) mass is 334 g/mol. The smallest absolute Gasteiger partial charge is 0.243 e. The zero-order chi connectivity index (χ0) is 15.6. The molecule has 0 atom stereocenters. The number of halogens is 2. The summed E-state index contributed by atoms with van der Waals surface area (Å²) in [6.45, 7) is 1.10. The lowest BCUT2D eigenvalue weighted by Crippen LogP contribution is -2.24. The van der Waals surface area contributed by atoms with Gasteiger partial charge < -0.3 is 5.11 Å². The molecule has 0 aliphatic carbocycles. The van der Waals surface area contributed by atoms with Gasteiger partial charge in [-0.25, -0.2) is 26.9 Å². The third-order valence-electron chi connectivity index (χ3n) is 2.61. The molecule has 2 rings (SSSR count). The van der Waals surface area contributed by atoms with Crippen LogP contribution in [0.5, 0.6) is 0 Å². The van der Waals surface area contributed by atoms with Crippen molar-refractivity contribution in [3.63, 3.8) is 0 Å². The Hall–Kier alpha value is -1.42. The predicted molar refractivity (Wildman–Crippen MR) is 73.2 cm³/mol. The number of aliphatic hydroxyl groups is 1. The number of nitrogens with zero attached hydrogens (tertiary/aromatic N) is 1. The molecule has 0 unspecified atom stereocenters. The Morgan fingerprint density at radius 3 is 2.67 bits per heavy atom. The summed E-state index contributed by atoms with van der Waals surface area (Å²) in [5.74, 6) is -2.80. The Labute approximate surface area is 124 Å². The Bertz CT molecular complexity index is 760. The second kappa shape index (κ2) is 6.14. The van der Waals surface area contributed by atoms with E-state index in [4.69, 9.17) is 5.11 Å². The third kappa shape index (κ3) is 3.62. The van der Waals surface area contributed by atoms with Crippen LogP contribution in [-0.4, -0.2) is 18.5 Å². The van der Waals surface area contributed by atoms with Gasteiger partial charge in [-0.1, -0.05) is 0 Å². The zero-order valence-corrected chi connectivity index (χ0v) is 12.6. The second-order valence-corrected chi connectivity index (χ2v) is 7.29. The largest absolute Gasteiger partial charge is 0.392 e. The molecule has 0 aliphatic rings. The average molecular weight is 334 g/mol. The third-order valence-corrected chi connectivity index (χ3v) is 4.92. The molecule has 0 aliphatic heterocycles. The van der Waals surface area contributed by atoms with Crippen LogP contribution in [0.25, 0.3) is 0 Å². The minimum absolute atomic E-state index is 0.0284. The number of aryl methyl sites for hydroxylation is 1. The fourth-order valence-electron chi connectivity index (χ4n) is 1.62. The van der Waals surface area contributed by atoms with E-state index < -0.39 is 33.2 Å². The fraction of sp³-hybridized carbons (Fsp3) is 0.250. The van der Waals surface area contributed by atoms with Crippen molar-refractivity contribution >= 4 is 21.4 Å². The van der Waals surface area contributed by atoms with E-state index in [0.29, 0.717) is 5.01 Å². The molecule has 0 fully saturated rings. The number of nitrogens with one attached hydrogen (secondary N) is 1. The van der Waals surface area contributed by atoms with Gasteiger partial charge in [-0.2, -0.15) is 0 Å². The van der Waals surface area contributed by atoms with Gasteiger partial charge in [-0.3, -0.25) is 0 Å². The lowest BCUT2D eigenvalue weighted by atomic mass is 10.2. The highest BCUT2D eigenvalue weighted by atomic mass is 32.2. The topological polar surface area (TPSA) is 79.3 Å². The number of thiazole rings is 1. The van der Waals surface area contributed by atoms with Crippen LogP contribution in [-0.2, 0) is 23.2 Å². The molecule has 0 amide bonds. The van der Waals surface area contributed by atoms with Crippen LogP contribution in [0.2, 0.25) is 0 Å². The van der Waals surface area contributed by atoms with Crippen molar-refractivity contribution in [1.29, 1.82) is 0 Å². The van der Waals surface area contributed by atoms with E-state index in [9.17, 15) is 17.2 Å². The van der Waals surface area contributed by atoms with Gasteiger partial charge in [0.05, 0.1) is 13.2 Å². The molecule has 2 N–H and O–H groups in total. The van der Waals surface area contributed by atoms with Crippen molar-refractivity contribution in [3.05, 3.63) is 45.4 Å². The van der Waals surface area contributed by atoms with Crippen molar-refractivity contribution in [2.24, 2.45) is 0 Å². The fourth-order valence-corrected chi connectivity index (χ4v) is 3.56. The second-order valence-electron chi connectivity index (χ2n) is 4.24.